The van der Waals surface area contributed by atoms with Gasteiger partial charge < -0.3 is 25.3 Å². The topological polar surface area (TPSA) is 110 Å². The number of carbonyl (C=O) groups is 3. The zero-order valence-corrected chi connectivity index (χ0v) is 22.2. The summed E-state index contributed by atoms with van der Waals surface area (Å²) in [5.41, 5.74) is 1.55. The highest BCUT2D eigenvalue weighted by Crippen LogP contribution is 2.42. The molecule has 0 unspecified atom stereocenters. The van der Waals surface area contributed by atoms with Crippen LogP contribution in [0.1, 0.15) is 37.8 Å². The van der Waals surface area contributed by atoms with E-state index in [1.807, 2.05) is 4.90 Å². The van der Waals surface area contributed by atoms with Gasteiger partial charge in [0.1, 0.15) is 17.3 Å². The second kappa shape index (κ2) is 11.5. The summed E-state index contributed by atoms with van der Waals surface area (Å²) in [5.74, 6) is -3.19. The number of hydrogen-bond acceptors (Lipinski definition) is 6. The number of halogens is 1. The van der Waals surface area contributed by atoms with Crippen molar-refractivity contribution in [3.8, 4) is 11.5 Å². The van der Waals surface area contributed by atoms with Gasteiger partial charge in [0, 0.05) is 68.1 Å². The number of aromatic hydroxyl groups is 2. The second-order valence-corrected chi connectivity index (χ2v) is 10.5. The first-order valence-electron chi connectivity index (χ1n) is 13.4. The van der Waals surface area contributed by atoms with Crippen LogP contribution < -0.4 is 5.32 Å². The summed E-state index contributed by atoms with van der Waals surface area (Å²) in [6.07, 6.45) is 0. The number of ketones is 2. The van der Waals surface area contributed by atoms with Crippen LogP contribution >= 0.6 is 0 Å². The van der Waals surface area contributed by atoms with Crippen molar-refractivity contribution < 1.29 is 29.0 Å². The Hall–Kier alpha value is -4.24. The lowest BCUT2D eigenvalue weighted by Gasteiger charge is -2.44. The van der Waals surface area contributed by atoms with Crippen LogP contribution in [0.3, 0.4) is 0 Å². The van der Waals surface area contributed by atoms with Crippen molar-refractivity contribution in [2.24, 2.45) is 11.8 Å². The van der Waals surface area contributed by atoms with E-state index in [0.29, 0.717) is 48.4 Å². The molecule has 2 atom stereocenters. The van der Waals surface area contributed by atoms with E-state index in [4.69, 9.17) is 0 Å². The molecule has 2 saturated heterocycles. The summed E-state index contributed by atoms with van der Waals surface area (Å²) in [7, 11) is 0. The molecule has 0 saturated carbocycles. The predicted molar refractivity (Wildman–Crippen MR) is 147 cm³/mol. The van der Waals surface area contributed by atoms with Gasteiger partial charge in [-0.05, 0) is 48.4 Å². The van der Waals surface area contributed by atoms with Crippen LogP contribution in [0.25, 0.3) is 0 Å². The summed E-state index contributed by atoms with van der Waals surface area (Å²) < 4.78 is 14.9. The standard InChI is InChI=1S/C31H32FN3O5/c1-19-24(9-4-10-27(19)32)28-25(29(38)20-5-2-7-22(36)15-20)17-34(13-14-35-12-11-33-31(35)40)18-26(28)30(39)21-6-3-8-23(37)16-21/h2-10,15-16,25-26,28,36-37H,11-14,17-18H2,1H3,(H,33,40)/t25-,26-/m0/s1. The minimum atomic E-state index is -0.741. The smallest absolute Gasteiger partial charge is 0.317 e. The fourth-order valence-corrected chi connectivity index (χ4v) is 5.96. The van der Waals surface area contributed by atoms with Crippen molar-refractivity contribution in [1.29, 1.82) is 0 Å². The van der Waals surface area contributed by atoms with E-state index in [-0.39, 0.29) is 42.2 Å². The zero-order valence-electron chi connectivity index (χ0n) is 22.2. The third-order valence-electron chi connectivity index (χ3n) is 8.01. The second-order valence-electron chi connectivity index (χ2n) is 10.5. The first-order valence-corrected chi connectivity index (χ1v) is 13.4. The molecule has 2 fully saturated rings. The number of benzene rings is 3. The maximum atomic E-state index is 14.9. The maximum Gasteiger partial charge on any atom is 0.317 e. The van der Waals surface area contributed by atoms with Crippen LogP contribution in [0.5, 0.6) is 11.5 Å². The predicted octanol–water partition coefficient (Wildman–Crippen LogP) is 3.97. The summed E-state index contributed by atoms with van der Waals surface area (Å²) in [6.45, 7) is 4.23. The van der Waals surface area contributed by atoms with Gasteiger partial charge in [0.25, 0.3) is 0 Å². The quantitative estimate of drug-likeness (QED) is 0.370. The van der Waals surface area contributed by atoms with Crippen molar-refractivity contribution in [3.05, 3.63) is 94.8 Å². The number of nitrogens with zero attached hydrogens (tertiary/aromatic N) is 2. The number of nitrogens with one attached hydrogen (secondary N) is 1. The van der Waals surface area contributed by atoms with Gasteiger partial charge in [0.2, 0.25) is 0 Å². The molecule has 40 heavy (non-hydrogen) atoms. The molecule has 5 rings (SSSR count). The van der Waals surface area contributed by atoms with E-state index < -0.39 is 23.6 Å². The number of carbonyl (C=O) groups excluding carboxylic acids is 3. The largest absolute Gasteiger partial charge is 0.508 e. The van der Waals surface area contributed by atoms with E-state index in [0.717, 1.165) is 0 Å². The van der Waals surface area contributed by atoms with Crippen molar-refractivity contribution >= 4 is 17.6 Å². The number of rotatable bonds is 8. The SMILES string of the molecule is Cc1c(F)cccc1C1[C@@H](C(=O)c2cccc(O)c2)CN(CCN2CCNC2=O)C[C@@H]1C(=O)c1cccc(O)c1. The van der Waals surface area contributed by atoms with Crippen molar-refractivity contribution in [2.75, 3.05) is 39.3 Å². The highest BCUT2D eigenvalue weighted by atomic mass is 19.1. The average molecular weight is 546 g/mol. The van der Waals surface area contributed by atoms with Crippen LogP contribution in [-0.2, 0) is 0 Å². The summed E-state index contributed by atoms with van der Waals surface area (Å²) in [5, 5.41) is 23.0. The highest BCUT2D eigenvalue weighted by Gasteiger charge is 2.45. The molecule has 0 aromatic heterocycles. The summed E-state index contributed by atoms with van der Waals surface area (Å²) in [4.78, 5) is 44.0. The molecule has 2 aliphatic rings. The van der Waals surface area contributed by atoms with E-state index in [9.17, 15) is 29.0 Å². The van der Waals surface area contributed by atoms with Crippen LogP contribution in [0, 0.1) is 24.6 Å². The van der Waals surface area contributed by atoms with Crippen LogP contribution in [0.4, 0.5) is 9.18 Å². The number of likely N-dealkylation sites (tertiary alicyclic amines) is 1. The Bertz CT molecular complexity index is 1380. The molecule has 9 heteroatoms. The number of phenolic OH excluding ortho intramolecular Hbond substituents is 2. The molecule has 3 N–H and O–H groups in total. The average Bonchev–Trinajstić information content (AvgIpc) is 3.36. The monoisotopic (exact) mass is 545 g/mol. The Morgan fingerprint density at radius 1 is 0.900 bits per heavy atom. The summed E-state index contributed by atoms with van der Waals surface area (Å²) in [6, 6.07) is 16.7. The van der Waals surface area contributed by atoms with Crippen LogP contribution in [0.15, 0.2) is 66.7 Å². The summed E-state index contributed by atoms with van der Waals surface area (Å²) >= 11 is 0. The molecule has 0 aliphatic carbocycles. The molecular formula is C31H32FN3O5. The number of phenols is 2. The zero-order chi connectivity index (χ0) is 28.4. The van der Waals surface area contributed by atoms with Gasteiger partial charge in [-0.25, -0.2) is 9.18 Å². The van der Waals surface area contributed by atoms with Gasteiger partial charge in [-0.3, -0.25) is 9.59 Å². The molecular weight excluding hydrogens is 513 g/mol. The van der Waals surface area contributed by atoms with Crippen LogP contribution in [-0.4, -0.2) is 76.9 Å². The molecule has 0 spiro atoms. The Kier molecular flexibility index (Phi) is 7.84. The first-order chi connectivity index (χ1) is 19.2. The fourth-order valence-electron chi connectivity index (χ4n) is 5.96. The Morgan fingerprint density at radius 2 is 1.48 bits per heavy atom. The maximum absolute atomic E-state index is 14.9. The number of hydrogen-bond donors (Lipinski definition) is 3. The molecule has 0 bridgehead atoms. The Morgan fingerprint density at radius 3 is 2.00 bits per heavy atom. The molecule has 8 nitrogen and oxygen atoms in total. The van der Waals surface area contributed by atoms with E-state index >= 15 is 0 Å². The number of Topliss-reactive ketones (excluding diaryl/α,β-unsaturated/α-hetero) is 2. The molecule has 3 aromatic rings. The lowest BCUT2D eigenvalue weighted by molar-refractivity contribution is 0.0557. The number of piperidine rings is 1. The Balaban J connectivity index is 1.58. The van der Waals surface area contributed by atoms with Gasteiger partial charge in [-0.15, -0.1) is 0 Å². The molecule has 2 aliphatic heterocycles. The number of urea groups is 1. The molecule has 2 heterocycles. The van der Waals surface area contributed by atoms with Gasteiger partial charge >= 0.3 is 6.03 Å². The van der Waals surface area contributed by atoms with E-state index in [1.54, 1.807) is 48.2 Å². The first kappa shape index (κ1) is 27.3. The fraction of sp³-hybridized carbons (Fsp3) is 0.323. The number of amides is 2. The van der Waals surface area contributed by atoms with Gasteiger partial charge in [0.05, 0.1) is 0 Å². The lowest BCUT2D eigenvalue weighted by Crippen LogP contribution is -2.52. The molecule has 0 radical (unpaired) electrons. The minimum Gasteiger partial charge on any atom is -0.508 e. The molecule has 3 aromatic carbocycles. The normalized spacial score (nSPS) is 19.9. The highest BCUT2D eigenvalue weighted by molar-refractivity contribution is 6.02. The minimum absolute atomic E-state index is 0.0514. The lowest BCUT2D eigenvalue weighted by atomic mass is 9.67. The van der Waals surface area contributed by atoms with Gasteiger partial charge in [0.15, 0.2) is 11.6 Å². The van der Waals surface area contributed by atoms with Crippen molar-refractivity contribution in [1.82, 2.24) is 15.1 Å². The van der Waals surface area contributed by atoms with E-state index in [2.05, 4.69) is 5.32 Å². The molecule has 208 valence electrons. The third kappa shape index (κ3) is 5.56. The van der Waals surface area contributed by atoms with Crippen molar-refractivity contribution in [2.45, 2.75) is 12.8 Å². The third-order valence-corrected chi connectivity index (χ3v) is 8.01. The Labute approximate surface area is 232 Å². The van der Waals surface area contributed by atoms with Gasteiger partial charge in [-0.2, -0.15) is 0 Å². The van der Waals surface area contributed by atoms with Gasteiger partial charge in [-0.1, -0.05) is 36.4 Å². The van der Waals surface area contributed by atoms with E-state index in [1.165, 1.54) is 30.3 Å². The van der Waals surface area contributed by atoms with Crippen molar-refractivity contribution in [3.63, 3.8) is 0 Å². The van der Waals surface area contributed by atoms with Crippen LogP contribution in [0.2, 0.25) is 0 Å². The molecule has 2 amide bonds.